The van der Waals surface area contributed by atoms with E-state index >= 15 is 0 Å². The fourth-order valence-corrected chi connectivity index (χ4v) is 13.1. The van der Waals surface area contributed by atoms with E-state index in [2.05, 4.69) is 180 Å². The number of H-pyrrole nitrogens is 1. The van der Waals surface area contributed by atoms with Crippen LogP contribution < -0.4 is 4.74 Å². The second-order valence-electron chi connectivity index (χ2n) is 22.7. The van der Waals surface area contributed by atoms with Crippen LogP contribution in [0, 0.1) is 24.3 Å². The van der Waals surface area contributed by atoms with E-state index in [4.69, 9.17) is 26.4 Å². The molecule has 0 aliphatic heterocycles. The highest BCUT2D eigenvalue weighted by molar-refractivity contribution is 14.1. The van der Waals surface area contributed by atoms with Gasteiger partial charge in [0.25, 0.3) is 0 Å². The van der Waals surface area contributed by atoms with E-state index in [0.717, 1.165) is 146 Å². The van der Waals surface area contributed by atoms with Gasteiger partial charge in [-0.2, -0.15) is 15.3 Å². The first-order chi connectivity index (χ1) is 47.9. The van der Waals surface area contributed by atoms with Crippen LogP contribution in [0.2, 0.25) is 5.02 Å². The molecule has 0 bridgehead atoms. The number of halogens is 4. The summed E-state index contributed by atoms with van der Waals surface area (Å²) in [7, 11) is 0. The first-order valence-electron chi connectivity index (χ1n) is 30.8. The number of fused-ring (bicyclic) bond motifs is 18. The Kier molecular flexibility index (Phi) is 17.5. The van der Waals surface area contributed by atoms with Crippen LogP contribution in [0.3, 0.4) is 0 Å². The molecule has 15 heterocycles. The molecule has 0 spiro atoms. The lowest BCUT2D eigenvalue weighted by atomic mass is 10.1. The molecule has 0 fully saturated rings. The standard InChI is InChI=1S/C31H20N6O.C17H12N2O.C14H9BrN4.C9H8BrN3.C5H3ClIN/c1-19-16-28-31-23(24-18-32-15-13-26(24)37(28)35-19)11-12-30(34-31)38-20-9-10-22-21-6-2-3-7-25(21)36(27(22)17-20)29-8-4-5-14-33-29;20-12-8-9-14-13-5-1-2-6-15(13)19(16(14)11-12)17-7-3-4-10-18-17;1-8-6-12-14-9(2-3-13(15)17-14)10-7-16-5-4-11(10)19(12)18-8;1-6-5-8(13-12-6)7-3-2-4-9(10)11-7;6-4-3-8-2-1-5(4)7/h2-18H,1H3;1-11,20H;2-7H,1H3;2-5H,1H3,(H,12,13);1-3H. The summed E-state index contributed by atoms with van der Waals surface area (Å²) >= 11 is 14.5. The second-order valence-corrected chi connectivity index (χ2v) is 25.9. The van der Waals surface area contributed by atoms with Gasteiger partial charge in [-0.15, -0.1) is 0 Å². The summed E-state index contributed by atoms with van der Waals surface area (Å²) in [6.45, 7) is 5.94. The van der Waals surface area contributed by atoms with Gasteiger partial charge in [-0.1, -0.05) is 66.2 Å². The topological polar surface area (TPSA) is 206 Å². The summed E-state index contributed by atoms with van der Waals surface area (Å²) in [5, 5.41) is 35.5. The number of nitrogens with one attached hydrogen (secondary N) is 1. The average molecular weight is 1540 g/mol. The zero-order valence-electron chi connectivity index (χ0n) is 52.2. The first kappa shape index (κ1) is 63.0. The van der Waals surface area contributed by atoms with Gasteiger partial charge in [-0.05, 0) is 203 Å². The van der Waals surface area contributed by atoms with E-state index in [0.29, 0.717) is 16.7 Å². The third-order valence-electron chi connectivity index (χ3n) is 16.2. The number of ether oxygens (including phenoxy) is 1. The van der Waals surface area contributed by atoms with Gasteiger partial charge < -0.3 is 9.84 Å². The van der Waals surface area contributed by atoms with Crippen molar-refractivity contribution >= 4 is 164 Å². The van der Waals surface area contributed by atoms with Crippen LogP contribution in [0.1, 0.15) is 17.1 Å². The number of benzene rings is 4. The van der Waals surface area contributed by atoms with E-state index in [-0.39, 0.29) is 5.75 Å². The van der Waals surface area contributed by atoms with Crippen molar-refractivity contribution < 1.29 is 9.84 Å². The summed E-state index contributed by atoms with van der Waals surface area (Å²) < 4.78 is 17.2. The van der Waals surface area contributed by atoms with Crippen molar-refractivity contribution in [3.05, 3.63) is 285 Å². The van der Waals surface area contributed by atoms with Gasteiger partial charge >= 0.3 is 0 Å². The van der Waals surface area contributed by atoms with Gasteiger partial charge in [0.2, 0.25) is 5.88 Å². The monoisotopic (exact) mass is 1540 g/mol. The number of pyridine rings is 10. The van der Waals surface area contributed by atoms with E-state index in [1.807, 2.05) is 170 Å². The summed E-state index contributed by atoms with van der Waals surface area (Å²) in [5.41, 5.74) is 14.6. The minimum atomic E-state index is 0.262. The highest BCUT2D eigenvalue weighted by Crippen LogP contribution is 2.38. The number of nitrogens with zero attached hydrogens (tertiary/aromatic N) is 15. The minimum Gasteiger partial charge on any atom is -0.508 e. The Morgan fingerprint density at radius 2 is 0.980 bits per heavy atom. The lowest BCUT2D eigenvalue weighted by Crippen LogP contribution is -1.97. The molecule has 0 aliphatic carbocycles. The molecule has 0 radical (unpaired) electrons. The number of hydrogen-bond donors (Lipinski definition) is 2. The number of phenols is 1. The molecule has 0 saturated carbocycles. The number of aryl methyl sites for hydroxylation is 3. The molecule has 15 aromatic heterocycles. The van der Waals surface area contributed by atoms with Crippen LogP contribution >= 0.6 is 66.1 Å². The van der Waals surface area contributed by atoms with Gasteiger partial charge in [0.15, 0.2) is 0 Å². The SMILES string of the molecule is Cc1cc(-c2cccc(Br)n2)n[nH]1.Cc1cc2c3nc(Br)ccc3c3cnccc3n2n1.Cc1cc2c3nc(Oc4ccc5c6ccccc6n(-c6ccccn6)c5c4)ccc3c3cnccc3n2n1.Clc1cnccc1I.Oc1ccc2c3ccccc3n(-c3ccccn3)c2c1. The molecule has 19 rings (SSSR count). The summed E-state index contributed by atoms with van der Waals surface area (Å²) in [4.78, 5) is 35.2. The summed E-state index contributed by atoms with van der Waals surface area (Å²) in [6.07, 6.45) is 14.2. The third kappa shape index (κ3) is 12.5. The number of aromatic nitrogens is 16. The van der Waals surface area contributed by atoms with Gasteiger partial charge in [0.1, 0.15) is 43.6 Å². The van der Waals surface area contributed by atoms with E-state index in [1.165, 1.54) is 5.39 Å². The van der Waals surface area contributed by atoms with Crippen molar-refractivity contribution in [3.63, 3.8) is 0 Å². The smallest absolute Gasteiger partial charge is 0.219 e. The predicted octanol–water partition coefficient (Wildman–Crippen LogP) is 19.3. The highest BCUT2D eigenvalue weighted by atomic mass is 127. The number of para-hydroxylation sites is 2. The maximum Gasteiger partial charge on any atom is 0.219 e. The van der Waals surface area contributed by atoms with Crippen molar-refractivity contribution in [3.8, 4) is 40.4 Å². The quantitative estimate of drug-likeness (QED) is 0.0936. The molecule has 22 heteroatoms. The largest absolute Gasteiger partial charge is 0.508 e. The van der Waals surface area contributed by atoms with Crippen LogP contribution in [0.5, 0.6) is 17.4 Å². The third-order valence-corrected chi connectivity index (χ3v) is 18.6. The van der Waals surface area contributed by atoms with Crippen LogP contribution in [0.25, 0.3) is 121 Å². The molecular formula is C76H52Br2ClIN16O2. The highest BCUT2D eigenvalue weighted by Gasteiger charge is 2.18. The lowest BCUT2D eigenvalue weighted by molar-refractivity contribution is 0.466. The number of phenolic OH excluding ortho intramolecular Hbond substituents is 1. The van der Waals surface area contributed by atoms with Gasteiger partial charge in [0, 0.05) is 120 Å². The maximum atomic E-state index is 9.79. The lowest BCUT2D eigenvalue weighted by Gasteiger charge is -2.10. The molecule has 0 atom stereocenters. The number of aromatic hydroxyl groups is 1. The fourth-order valence-electron chi connectivity index (χ4n) is 12.0. The Morgan fingerprint density at radius 1 is 0.439 bits per heavy atom. The average Bonchev–Trinajstić information content (AvgIpc) is 0.883. The molecular weight excluding hydrogens is 1490 g/mol. The Morgan fingerprint density at radius 3 is 1.55 bits per heavy atom. The van der Waals surface area contributed by atoms with Crippen LogP contribution in [0.15, 0.2) is 259 Å². The molecule has 18 nitrogen and oxygen atoms in total. The van der Waals surface area contributed by atoms with Crippen molar-refractivity contribution in [2.24, 2.45) is 0 Å². The molecule has 0 saturated heterocycles. The zero-order valence-corrected chi connectivity index (χ0v) is 58.3. The fraction of sp³-hybridized carbons (Fsp3) is 0.0395. The molecule has 0 unspecified atom stereocenters. The van der Waals surface area contributed by atoms with E-state index in [1.54, 1.807) is 43.1 Å². The van der Waals surface area contributed by atoms with Crippen molar-refractivity contribution in [1.29, 1.82) is 0 Å². The second kappa shape index (κ2) is 27.2. The molecule has 2 N–H and O–H groups in total. The van der Waals surface area contributed by atoms with Crippen LogP contribution in [-0.2, 0) is 0 Å². The van der Waals surface area contributed by atoms with E-state index in [9.17, 15) is 5.11 Å². The minimum absolute atomic E-state index is 0.262. The zero-order chi connectivity index (χ0) is 67.0. The normalized spacial score (nSPS) is 11.3. The number of hydrogen-bond acceptors (Lipinski definition) is 13. The van der Waals surface area contributed by atoms with Crippen molar-refractivity contribution in [2.75, 3.05) is 0 Å². The van der Waals surface area contributed by atoms with Crippen LogP contribution in [-0.4, -0.2) is 83.5 Å². The van der Waals surface area contributed by atoms with Gasteiger partial charge in [-0.3, -0.25) is 29.2 Å². The van der Waals surface area contributed by atoms with Crippen molar-refractivity contribution in [2.45, 2.75) is 20.8 Å². The molecule has 4 aromatic carbocycles. The van der Waals surface area contributed by atoms with E-state index < -0.39 is 0 Å². The summed E-state index contributed by atoms with van der Waals surface area (Å²) in [6, 6.07) is 65.6. The van der Waals surface area contributed by atoms with Gasteiger partial charge in [0.05, 0.1) is 71.8 Å². The first-order valence-corrected chi connectivity index (χ1v) is 33.8. The summed E-state index contributed by atoms with van der Waals surface area (Å²) in [5.74, 6) is 3.19. The predicted molar refractivity (Wildman–Crippen MR) is 404 cm³/mol. The Hall–Kier alpha value is -11.1. The number of rotatable bonds is 5. The Bertz CT molecular complexity index is 6180. The molecule has 0 amide bonds. The molecule has 98 heavy (non-hydrogen) atoms. The molecule has 19 aromatic rings. The maximum absolute atomic E-state index is 9.79. The number of aromatic amines is 1. The van der Waals surface area contributed by atoms with Gasteiger partial charge in [-0.25, -0.2) is 34.0 Å². The Labute approximate surface area is 593 Å². The Balaban J connectivity index is 0.000000110. The van der Waals surface area contributed by atoms with Crippen LogP contribution in [0.4, 0.5) is 0 Å². The molecule has 0 aliphatic rings. The molecule has 476 valence electrons. The van der Waals surface area contributed by atoms with Crippen molar-refractivity contribution in [1.82, 2.24) is 78.4 Å².